The van der Waals surface area contributed by atoms with Crippen molar-refractivity contribution in [1.82, 2.24) is 0 Å². The average molecular weight is 284 g/mol. The summed E-state index contributed by atoms with van der Waals surface area (Å²) >= 11 is 0. The van der Waals surface area contributed by atoms with Gasteiger partial charge in [0.25, 0.3) is 0 Å². The number of ether oxygens (including phenoxy) is 4. The van der Waals surface area contributed by atoms with E-state index in [2.05, 4.69) is 13.8 Å². The lowest BCUT2D eigenvalue weighted by atomic mass is 9.82. The monoisotopic (exact) mass is 284 g/mol. The second-order valence-electron chi connectivity index (χ2n) is 6.96. The second-order valence-corrected chi connectivity index (χ2v) is 6.96. The first-order chi connectivity index (χ1) is 9.29. The zero-order valence-electron chi connectivity index (χ0n) is 12.7. The Hall–Kier alpha value is -0.650. The second kappa shape index (κ2) is 4.68. The molecule has 0 radical (unpaired) electrons. The molecule has 0 aromatic carbocycles. The minimum atomic E-state index is -0.543. The van der Waals surface area contributed by atoms with Gasteiger partial charge in [-0.1, -0.05) is 6.92 Å². The van der Waals surface area contributed by atoms with Crippen molar-refractivity contribution < 1.29 is 23.7 Å². The van der Waals surface area contributed by atoms with E-state index < -0.39 is 5.79 Å². The molecule has 0 aromatic heterocycles. The predicted octanol–water partition coefficient (Wildman–Crippen LogP) is 2.03. The third-order valence-electron chi connectivity index (χ3n) is 4.72. The Labute approximate surface area is 119 Å². The molecule has 3 heterocycles. The van der Waals surface area contributed by atoms with Crippen LogP contribution in [0, 0.1) is 5.92 Å². The molecule has 5 atom stereocenters. The number of esters is 1. The van der Waals surface area contributed by atoms with Crippen LogP contribution in [-0.4, -0.2) is 42.3 Å². The third-order valence-corrected chi connectivity index (χ3v) is 4.72. The summed E-state index contributed by atoms with van der Waals surface area (Å²) in [7, 11) is 0. The molecule has 0 unspecified atom stereocenters. The van der Waals surface area contributed by atoms with E-state index in [0.29, 0.717) is 13.0 Å². The van der Waals surface area contributed by atoms with Gasteiger partial charge in [-0.15, -0.1) is 0 Å². The van der Waals surface area contributed by atoms with Gasteiger partial charge in [0.05, 0.1) is 24.7 Å². The summed E-state index contributed by atoms with van der Waals surface area (Å²) in [6.07, 6.45) is 1.89. The van der Waals surface area contributed by atoms with Gasteiger partial charge in [-0.25, -0.2) is 0 Å². The van der Waals surface area contributed by atoms with Crippen LogP contribution in [0.25, 0.3) is 0 Å². The van der Waals surface area contributed by atoms with Crippen LogP contribution in [0.3, 0.4) is 0 Å². The maximum Gasteiger partial charge on any atom is 0.306 e. The smallest absolute Gasteiger partial charge is 0.306 e. The Morgan fingerprint density at radius 3 is 2.60 bits per heavy atom. The van der Waals surface area contributed by atoms with Crippen LogP contribution in [0.5, 0.6) is 0 Å². The minimum absolute atomic E-state index is 0.0289. The fourth-order valence-electron chi connectivity index (χ4n) is 3.47. The highest BCUT2D eigenvalue weighted by Gasteiger charge is 2.52. The van der Waals surface area contributed by atoms with Gasteiger partial charge in [-0.2, -0.15) is 0 Å². The molecule has 3 saturated heterocycles. The molecule has 0 aliphatic carbocycles. The Morgan fingerprint density at radius 1 is 1.20 bits per heavy atom. The molecular formula is C15H24O5. The summed E-state index contributed by atoms with van der Waals surface area (Å²) in [5.74, 6) is -0.456. The molecule has 3 rings (SSSR count). The molecule has 0 amide bonds. The van der Waals surface area contributed by atoms with Gasteiger partial charge >= 0.3 is 5.97 Å². The molecule has 0 bridgehead atoms. The van der Waals surface area contributed by atoms with Crippen molar-refractivity contribution in [2.75, 3.05) is 6.61 Å². The highest BCUT2D eigenvalue weighted by Crippen LogP contribution is 2.42. The number of hydrogen-bond acceptors (Lipinski definition) is 5. The standard InChI is InChI=1S/C15H24O5/c1-9-7-12(16)18-10-5-6-15(4,20-13(9)10)11-8-17-14(2,3)19-11/h9-11,13H,5-8H2,1-4H3/t9-,10+,11-,13-,15+/m1/s1. The van der Waals surface area contributed by atoms with Crippen LogP contribution in [0.15, 0.2) is 0 Å². The van der Waals surface area contributed by atoms with Crippen LogP contribution in [0.1, 0.15) is 47.0 Å². The summed E-state index contributed by atoms with van der Waals surface area (Å²) < 4.78 is 23.4. The molecule has 5 nitrogen and oxygen atoms in total. The average Bonchev–Trinajstić information content (AvgIpc) is 2.72. The van der Waals surface area contributed by atoms with E-state index in [0.717, 1.165) is 12.8 Å². The fraction of sp³-hybridized carbons (Fsp3) is 0.933. The molecule has 0 aromatic rings. The maximum atomic E-state index is 11.5. The predicted molar refractivity (Wildman–Crippen MR) is 71.1 cm³/mol. The van der Waals surface area contributed by atoms with Crippen molar-refractivity contribution in [2.45, 2.75) is 76.7 Å². The molecular weight excluding hydrogens is 260 g/mol. The SMILES string of the molecule is C[C@@H]1CC(=O)O[C@H]2CC[C@@](C)([C@H]3COC(C)(C)O3)O[C@H]12. The van der Waals surface area contributed by atoms with Crippen LogP contribution < -0.4 is 0 Å². The first-order valence-corrected chi connectivity index (χ1v) is 7.48. The van der Waals surface area contributed by atoms with Crippen LogP contribution in [0.4, 0.5) is 0 Å². The quantitative estimate of drug-likeness (QED) is 0.690. The van der Waals surface area contributed by atoms with E-state index in [1.165, 1.54) is 0 Å². The molecule has 5 heteroatoms. The molecule has 20 heavy (non-hydrogen) atoms. The minimum Gasteiger partial charge on any atom is -0.460 e. The fourth-order valence-corrected chi connectivity index (χ4v) is 3.47. The van der Waals surface area contributed by atoms with Crippen molar-refractivity contribution in [3.63, 3.8) is 0 Å². The van der Waals surface area contributed by atoms with E-state index in [1.54, 1.807) is 0 Å². The highest BCUT2D eigenvalue weighted by atomic mass is 16.8. The number of carbonyl (C=O) groups is 1. The topological polar surface area (TPSA) is 54.0 Å². The number of rotatable bonds is 1. The Bertz CT molecular complexity index is 407. The lowest BCUT2D eigenvalue weighted by molar-refractivity contribution is -0.250. The van der Waals surface area contributed by atoms with Crippen molar-refractivity contribution in [1.29, 1.82) is 0 Å². The van der Waals surface area contributed by atoms with Crippen LogP contribution >= 0.6 is 0 Å². The van der Waals surface area contributed by atoms with E-state index in [9.17, 15) is 4.79 Å². The molecule has 3 aliphatic rings. The van der Waals surface area contributed by atoms with Gasteiger partial charge in [-0.05, 0) is 39.5 Å². The zero-order chi connectivity index (χ0) is 14.5. The molecule has 3 aliphatic heterocycles. The van der Waals surface area contributed by atoms with Crippen LogP contribution in [-0.2, 0) is 23.7 Å². The summed E-state index contributed by atoms with van der Waals surface area (Å²) in [4.78, 5) is 11.5. The van der Waals surface area contributed by atoms with Gasteiger partial charge in [0, 0.05) is 0 Å². The van der Waals surface area contributed by atoms with Crippen LogP contribution in [0.2, 0.25) is 0 Å². The lowest BCUT2D eigenvalue weighted by Crippen LogP contribution is -2.57. The molecule has 0 N–H and O–H groups in total. The van der Waals surface area contributed by atoms with Gasteiger partial charge < -0.3 is 18.9 Å². The molecule has 114 valence electrons. The summed E-state index contributed by atoms with van der Waals surface area (Å²) in [5.41, 5.74) is -0.368. The van der Waals surface area contributed by atoms with Crippen molar-refractivity contribution in [3.8, 4) is 0 Å². The third kappa shape index (κ3) is 2.47. The zero-order valence-corrected chi connectivity index (χ0v) is 12.7. The van der Waals surface area contributed by atoms with E-state index >= 15 is 0 Å². The Kier molecular flexibility index (Phi) is 3.35. The van der Waals surface area contributed by atoms with Gasteiger partial charge in [0.1, 0.15) is 12.2 Å². The van der Waals surface area contributed by atoms with Gasteiger partial charge in [0.2, 0.25) is 0 Å². The highest BCUT2D eigenvalue weighted by molar-refractivity contribution is 5.70. The van der Waals surface area contributed by atoms with Gasteiger partial charge in [-0.3, -0.25) is 4.79 Å². The van der Waals surface area contributed by atoms with Crippen molar-refractivity contribution in [3.05, 3.63) is 0 Å². The largest absolute Gasteiger partial charge is 0.460 e. The Balaban J connectivity index is 1.72. The first-order valence-electron chi connectivity index (χ1n) is 7.48. The molecule has 0 saturated carbocycles. The summed E-state index contributed by atoms with van der Waals surface area (Å²) in [6.45, 7) is 8.54. The summed E-state index contributed by atoms with van der Waals surface area (Å²) in [6, 6.07) is 0. The number of fused-ring (bicyclic) bond motifs is 1. The number of carbonyl (C=O) groups excluding carboxylic acids is 1. The Morgan fingerprint density at radius 2 is 1.95 bits per heavy atom. The van der Waals surface area contributed by atoms with E-state index in [4.69, 9.17) is 18.9 Å². The lowest BCUT2D eigenvalue weighted by Gasteiger charge is -2.48. The maximum absolute atomic E-state index is 11.5. The van der Waals surface area contributed by atoms with Crippen molar-refractivity contribution >= 4 is 5.97 Å². The van der Waals surface area contributed by atoms with Gasteiger partial charge in [0.15, 0.2) is 5.79 Å². The molecule has 0 spiro atoms. The van der Waals surface area contributed by atoms with Crippen molar-refractivity contribution in [2.24, 2.45) is 5.92 Å². The van der Waals surface area contributed by atoms with E-state index in [-0.39, 0.29) is 35.8 Å². The molecule has 3 fully saturated rings. The van der Waals surface area contributed by atoms with E-state index in [1.807, 2.05) is 13.8 Å². The first kappa shape index (κ1) is 14.3. The number of hydrogen-bond donors (Lipinski definition) is 0. The summed E-state index contributed by atoms with van der Waals surface area (Å²) in [5, 5.41) is 0. The normalized spacial score (nSPS) is 47.7.